The third kappa shape index (κ3) is 5.06. The number of amides is 1. The molecule has 1 aliphatic rings. The lowest BCUT2D eigenvalue weighted by atomic mass is 10.1. The number of likely N-dealkylation sites (tertiary alicyclic amines) is 1. The molecule has 1 saturated heterocycles. The molecule has 0 bridgehead atoms. The second kappa shape index (κ2) is 8.67. The Morgan fingerprint density at radius 1 is 1.13 bits per heavy atom. The van der Waals surface area contributed by atoms with Gasteiger partial charge in [-0.05, 0) is 37.4 Å². The molecule has 0 spiro atoms. The van der Waals surface area contributed by atoms with Crippen LogP contribution >= 0.6 is 0 Å². The number of nitrogens with zero attached hydrogens (tertiary/aromatic N) is 2. The van der Waals surface area contributed by atoms with Crippen molar-refractivity contribution in [2.45, 2.75) is 26.7 Å². The summed E-state index contributed by atoms with van der Waals surface area (Å²) in [5.74, 6) is 1.01. The van der Waals surface area contributed by atoms with Crippen molar-refractivity contribution in [1.82, 2.24) is 9.80 Å². The van der Waals surface area contributed by atoms with Crippen molar-refractivity contribution in [3.8, 4) is 5.75 Å². The average molecular weight is 318 g/mol. The Morgan fingerprint density at radius 2 is 1.74 bits per heavy atom. The van der Waals surface area contributed by atoms with Gasteiger partial charge >= 0.3 is 0 Å². The van der Waals surface area contributed by atoms with Gasteiger partial charge in [0.25, 0.3) is 5.91 Å². The summed E-state index contributed by atoms with van der Waals surface area (Å²) in [7, 11) is 0. The number of carbonyl (C=O) groups excluding carboxylic acids is 2. The summed E-state index contributed by atoms with van der Waals surface area (Å²) < 4.78 is 5.72. The third-order valence-corrected chi connectivity index (χ3v) is 4.28. The molecule has 1 aliphatic heterocycles. The van der Waals surface area contributed by atoms with Crippen molar-refractivity contribution < 1.29 is 14.3 Å². The second-order valence-electron chi connectivity index (χ2n) is 5.73. The number of rotatable bonds is 7. The maximum Gasteiger partial charge on any atom is 0.253 e. The largest absolute Gasteiger partial charge is 0.492 e. The molecule has 1 fully saturated rings. The lowest BCUT2D eigenvalue weighted by molar-refractivity contribution is -0.120. The first-order chi connectivity index (χ1) is 11.1. The predicted octanol–water partition coefficient (Wildman–Crippen LogP) is 2.21. The van der Waals surface area contributed by atoms with E-state index in [-0.39, 0.29) is 11.7 Å². The van der Waals surface area contributed by atoms with Crippen LogP contribution < -0.4 is 4.74 Å². The van der Waals surface area contributed by atoms with Gasteiger partial charge in [-0.3, -0.25) is 9.59 Å². The van der Waals surface area contributed by atoms with Crippen molar-refractivity contribution >= 4 is 11.7 Å². The standard InChI is InChI=1S/C18H26N2O3/c1-3-19(4-2)13-14-23-17-7-5-15(6-8-17)18(22)20-11-9-16(21)10-12-20/h5-8H,3-4,9-14H2,1-2H3. The highest BCUT2D eigenvalue weighted by molar-refractivity contribution is 5.95. The number of Topliss-reactive ketones (excluding diaryl/α,β-unsaturated/α-hetero) is 1. The molecule has 1 heterocycles. The molecule has 0 aliphatic carbocycles. The van der Waals surface area contributed by atoms with Gasteiger partial charge in [0.1, 0.15) is 18.1 Å². The predicted molar refractivity (Wildman–Crippen MR) is 89.9 cm³/mol. The Balaban J connectivity index is 1.84. The van der Waals surface area contributed by atoms with Crippen LogP contribution in [0.3, 0.4) is 0 Å². The van der Waals surface area contributed by atoms with Crippen LogP contribution in [0.5, 0.6) is 5.75 Å². The Bertz CT molecular complexity index is 514. The van der Waals surface area contributed by atoms with Crippen molar-refractivity contribution in [2.24, 2.45) is 0 Å². The lowest BCUT2D eigenvalue weighted by Gasteiger charge is -2.26. The van der Waals surface area contributed by atoms with E-state index in [0.717, 1.165) is 25.4 Å². The SMILES string of the molecule is CCN(CC)CCOc1ccc(C(=O)N2CCC(=O)CC2)cc1. The van der Waals surface area contributed by atoms with Crippen molar-refractivity contribution in [2.75, 3.05) is 39.3 Å². The topological polar surface area (TPSA) is 49.9 Å². The molecule has 1 aromatic carbocycles. The van der Waals surface area contributed by atoms with Gasteiger partial charge in [-0.15, -0.1) is 0 Å². The number of hydrogen-bond acceptors (Lipinski definition) is 4. The summed E-state index contributed by atoms with van der Waals surface area (Å²) in [5, 5.41) is 0. The maximum atomic E-state index is 12.4. The molecule has 126 valence electrons. The van der Waals surface area contributed by atoms with Gasteiger partial charge in [-0.1, -0.05) is 13.8 Å². The first-order valence-electron chi connectivity index (χ1n) is 8.40. The fourth-order valence-corrected chi connectivity index (χ4v) is 2.67. The van der Waals surface area contributed by atoms with E-state index in [9.17, 15) is 9.59 Å². The van der Waals surface area contributed by atoms with E-state index in [1.54, 1.807) is 17.0 Å². The Morgan fingerprint density at radius 3 is 2.30 bits per heavy atom. The minimum absolute atomic E-state index is 0.00723. The van der Waals surface area contributed by atoms with E-state index >= 15 is 0 Å². The third-order valence-electron chi connectivity index (χ3n) is 4.28. The second-order valence-corrected chi connectivity index (χ2v) is 5.73. The fourth-order valence-electron chi connectivity index (χ4n) is 2.67. The molecule has 0 aromatic heterocycles. The quantitative estimate of drug-likeness (QED) is 0.773. The van der Waals surface area contributed by atoms with Gasteiger partial charge in [0.05, 0.1) is 0 Å². The molecular formula is C18H26N2O3. The van der Waals surface area contributed by atoms with Crippen LogP contribution in [-0.2, 0) is 4.79 Å². The summed E-state index contributed by atoms with van der Waals surface area (Å²) in [6.45, 7) is 8.91. The van der Waals surface area contributed by atoms with Gasteiger partial charge in [-0.25, -0.2) is 0 Å². The molecule has 0 atom stereocenters. The smallest absolute Gasteiger partial charge is 0.253 e. The summed E-state index contributed by atoms with van der Waals surface area (Å²) in [4.78, 5) is 27.7. The molecule has 2 rings (SSSR count). The molecule has 1 aromatic rings. The zero-order valence-electron chi connectivity index (χ0n) is 14.1. The van der Waals surface area contributed by atoms with E-state index in [0.29, 0.717) is 38.1 Å². The number of carbonyl (C=O) groups is 2. The van der Waals surface area contributed by atoms with Crippen LogP contribution in [0.15, 0.2) is 24.3 Å². The highest BCUT2D eigenvalue weighted by atomic mass is 16.5. The Kier molecular flexibility index (Phi) is 6.59. The Hall–Kier alpha value is -1.88. The number of ketones is 1. The zero-order chi connectivity index (χ0) is 16.7. The average Bonchev–Trinajstić information content (AvgIpc) is 2.59. The molecule has 1 amide bonds. The molecule has 0 saturated carbocycles. The molecule has 0 radical (unpaired) electrons. The van der Waals surface area contributed by atoms with E-state index in [2.05, 4.69) is 18.7 Å². The monoisotopic (exact) mass is 318 g/mol. The zero-order valence-corrected chi connectivity index (χ0v) is 14.1. The minimum atomic E-state index is -0.00723. The fraction of sp³-hybridized carbons (Fsp3) is 0.556. The number of ether oxygens (including phenoxy) is 1. The molecule has 23 heavy (non-hydrogen) atoms. The van der Waals surface area contributed by atoms with Crippen LogP contribution in [-0.4, -0.2) is 60.8 Å². The van der Waals surface area contributed by atoms with Crippen LogP contribution in [0.25, 0.3) is 0 Å². The van der Waals surface area contributed by atoms with E-state index < -0.39 is 0 Å². The maximum absolute atomic E-state index is 12.4. The van der Waals surface area contributed by atoms with Gasteiger partial charge < -0.3 is 14.5 Å². The van der Waals surface area contributed by atoms with E-state index in [4.69, 9.17) is 4.74 Å². The molecule has 0 unspecified atom stereocenters. The first kappa shape index (κ1) is 17.5. The lowest BCUT2D eigenvalue weighted by Crippen LogP contribution is -2.38. The Labute approximate surface area is 138 Å². The van der Waals surface area contributed by atoms with Gasteiger partial charge in [0.2, 0.25) is 0 Å². The number of hydrogen-bond donors (Lipinski definition) is 0. The summed E-state index contributed by atoms with van der Waals surface area (Å²) in [6.07, 6.45) is 0.941. The number of benzene rings is 1. The number of likely N-dealkylation sites (N-methyl/N-ethyl adjacent to an activating group) is 1. The highest BCUT2D eigenvalue weighted by Crippen LogP contribution is 2.16. The summed E-state index contributed by atoms with van der Waals surface area (Å²) in [5.41, 5.74) is 0.649. The molecule has 5 heteroatoms. The van der Waals surface area contributed by atoms with E-state index in [1.165, 1.54) is 0 Å². The van der Waals surface area contributed by atoms with Crippen molar-refractivity contribution in [1.29, 1.82) is 0 Å². The molecule has 5 nitrogen and oxygen atoms in total. The van der Waals surface area contributed by atoms with Crippen molar-refractivity contribution in [3.05, 3.63) is 29.8 Å². The highest BCUT2D eigenvalue weighted by Gasteiger charge is 2.21. The molecule has 0 N–H and O–H groups in total. The van der Waals surface area contributed by atoms with Gasteiger partial charge in [-0.2, -0.15) is 0 Å². The van der Waals surface area contributed by atoms with Crippen LogP contribution in [0.4, 0.5) is 0 Å². The van der Waals surface area contributed by atoms with E-state index in [1.807, 2.05) is 12.1 Å². The summed E-state index contributed by atoms with van der Waals surface area (Å²) in [6, 6.07) is 7.27. The van der Waals surface area contributed by atoms with Crippen LogP contribution in [0.2, 0.25) is 0 Å². The van der Waals surface area contributed by atoms with Crippen LogP contribution in [0, 0.1) is 0 Å². The van der Waals surface area contributed by atoms with Gasteiger partial charge in [0, 0.05) is 38.0 Å². The summed E-state index contributed by atoms with van der Waals surface area (Å²) >= 11 is 0. The van der Waals surface area contributed by atoms with Crippen LogP contribution in [0.1, 0.15) is 37.0 Å². The van der Waals surface area contributed by atoms with Gasteiger partial charge in [0.15, 0.2) is 0 Å². The first-order valence-corrected chi connectivity index (χ1v) is 8.40. The normalized spacial score (nSPS) is 15.1. The number of piperidine rings is 1. The minimum Gasteiger partial charge on any atom is -0.492 e. The molecular weight excluding hydrogens is 292 g/mol. The van der Waals surface area contributed by atoms with Crippen molar-refractivity contribution in [3.63, 3.8) is 0 Å².